The molecule has 0 fully saturated rings. The van der Waals surface area contributed by atoms with Crippen molar-refractivity contribution in [2.45, 2.75) is 12.2 Å². The number of hydrogen-bond donors (Lipinski definition) is 2. The highest BCUT2D eigenvalue weighted by molar-refractivity contribution is 6.31. The molecule has 0 aromatic heterocycles. The molecule has 0 saturated carbocycles. The van der Waals surface area contributed by atoms with Crippen molar-refractivity contribution in [1.29, 1.82) is 5.26 Å². The average molecular weight is 494 g/mol. The van der Waals surface area contributed by atoms with E-state index >= 15 is 0 Å². The van der Waals surface area contributed by atoms with E-state index in [-0.39, 0.29) is 33.5 Å². The molecule has 0 radical (unpaired) electrons. The van der Waals surface area contributed by atoms with E-state index in [0.717, 1.165) is 12.1 Å². The van der Waals surface area contributed by atoms with Crippen molar-refractivity contribution < 1.29 is 31.5 Å². The van der Waals surface area contributed by atoms with Crippen LogP contribution in [-0.2, 0) is 6.18 Å². The molecule has 174 valence electrons. The third kappa shape index (κ3) is 4.84. The molecule has 3 aromatic rings. The largest absolute Gasteiger partial charge is 0.416 e. The lowest BCUT2D eigenvalue weighted by molar-refractivity contribution is -0.137. The number of hydrogen-bond acceptors (Lipinski definition) is 3. The molecule has 1 unspecified atom stereocenters. The van der Waals surface area contributed by atoms with Crippen molar-refractivity contribution in [3.05, 3.63) is 99.1 Å². The first-order valence-electron chi connectivity index (χ1n) is 9.38. The van der Waals surface area contributed by atoms with Crippen molar-refractivity contribution in [3.63, 3.8) is 0 Å². The molecule has 1 atom stereocenters. The Morgan fingerprint density at radius 3 is 2.41 bits per heavy atom. The second kappa shape index (κ2) is 9.49. The first kappa shape index (κ1) is 24.7. The monoisotopic (exact) mass is 493 g/mol. The molecule has 2 N–H and O–H groups in total. The van der Waals surface area contributed by atoms with E-state index in [9.17, 15) is 31.5 Å². The highest BCUT2D eigenvalue weighted by Gasteiger charge is 2.35. The number of benzene rings is 3. The van der Waals surface area contributed by atoms with Crippen LogP contribution in [0, 0.1) is 23.5 Å². The van der Waals surface area contributed by atoms with Gasteiger partial charge in [0, 0.05) is 39.5 Å². The van der Waals surface area contributed by atoms with Crippen molar-refractivity contribution in [2.75, 3.05) is 5.32 Å². The third-order valence-electron chi connectivity index (χ3n) is 4.92. The molecule has 1 heterocycles. The van der Waals surface area contributed by atoms with Gasteiger partial charge in [-0.2, -0.15) is 13.2 Å². The third-order valence-corrected chi connectivity index (χ3v) is 5.26. The van der Waals surface area contributed by atoms with Crippen molar-refractivity contribution >= 4 is 29.1 Å². The summed E-state index contributed by atoms with van der Waals surface area (Å²) in [7, 11) is 0. The number of nitrogens with one attached hydrogen (secondary N) is 2. The fourth-order valence-corrected chi connectivity index (χ4v) is 3.74. The van der Waals surface area contributed by atoms with Crippen molar-refractivity contribution in [3.8, 4) is 6.57 Å². The zero-order valence-electron chi connectivity index (χ0n) is 16.9. The van der Waals surface area contributed by atoms with Crippen LogP contribution in [0.5, 0.6) is 0 Å². The Morgan fingerprint density at radius 2 is 1.74 bits per heavy atom. The van der Waals surface area contributed by atoms with Gasteiger partial charge in [-0.15, -0.1) is 0 Å². The minimum Gasteiger partial charge on any atom is -0.341 e. The van der Waals surface area contributed by atoms with Crippen LogP contribution in [-0.4, -0.2) is 11.8 Å². The first-order valence-corrected chi connectivity index (χ1v) is 9.76. The summed E-state index contributed by atoms with van der Waals surface area (Å²) in [5, 5.41) is 11.7. The first-order chi connectivity index (χ1) is 16.0. The number of halogens is 6. The van der Waals surface area contributed by atoms with Crippen LogP contribution in [0.15, 0.2) is 54.6 Å². The van der Waals surface area contributed by atoms with E-state index < -0.39 is 46.8 Å². The van der Waals surface area contributed by atoms with Crippen molar-refractivity contribution in [2.24, 2.45) is 0 Å². The second-order valence-electron chi connectivity index (χ2n) is 7.02. The number of carbonyl (C=O) groups excluding carboxylic acids is 2. The topological polar surface area (TPSA) is 82.0 Å². The summed E-state index contributed by atoms with van der Waals surface area (Å²) in [6.07, 6.45) is -4.85. The number of nitriles is 1. The summed E-state index contributed by atoms with van der Waals surface area (Å²) in [5.74, 6) is -3.36. The molecule has 3 aromatic carbocycles. The van der Waals surface area contributed by atoms with Crippen LogP contribution >= 0.6 is 11.6 Å². The fraction of sp³-hybridized carbons (Fsp3) is 0.0870. The lowest BCUT2D eigenvalue weighted by atomic mass is 9.96. The summed E-state index contributed by atoms with van der Waals surface area (Å²) in [6, 6.07) is 8.46. The molecule has 11 heteroatoms. The van der Waals surface area contributed by atoms with Gasteiger partial charge in [0.1, 0.15) is 11.6 Å². The van der Waals surface area contributed by atoms with Gasteiger partial charge in [0.2, 0.25) is 0 Å². The Morgan fingerprint density at radius 1 is 1.03 bits per heavy atom. The SMILES string of the molecule is C#N.O=C(Nc1cccc2c1C(c1cc(F)ccc1Cl)NC2=O)c1cc(F)cc(C(F)(F)F)c1. The highest BCUT2D eigenvalue weighted by Crippen LogP contribution is 2.39. The normalized spacial score (nSPS) is 14.5. The van der Waals surface area contributed by atoms with Crippen LogP contribution in [0.3, 0.4) is 0 Å². The maximum Gasteiger partial charge on any atom is 0.416 e. The molecule has 0 saturated heterocycles. The fourth-order valence-electron chi connectivity index (χ4n) is 3.51. The quantitative estimate of drug-likeness (QED) is 0.448. The van der Waals surface area contributed by atoms with E-state index in [1.54, 1.807) is 0 Å². The predicted molar refractivity (Wildman–Crippen MR) is 113 cm³/mol. The molecule has 0 spiro atoms. The Balaban J connectivity index is 0.00000158. The molecule has 34 heavy (non-hydrogen) atoms. The predicted octanol–water partition coefficient (Wildman–Crippen LogP) is 5.86. The summed E-state index contributed by atoms with van der Waals surface area (Å²) in [4.78, 5) is 25.1. The molecule has 0 aliphatic carbocycles. The van der Waals surface area contributed by atoms with Gasteiger partial charge in [-0.25, -0.2) is 14.0 Å². The van der Waals surface area contributed by atoms with Gasteiger partial charge in [0.05, 0.1) is 11.6 Å². The molecule has 4 rings (SSSR count). The summed E-state index contributed by atoms with van der Waals surface area (Å²) in [6.45, 7) is 3.50. The molecular formula is C23H13ClF5N3O2. The van der Waals surface area contributed by atoms with E-state index in [1.807, 2.05) is 0 Å². The standard InChI is InChI=1S/C22H12ClF5N2O2.CHN/c23-16-5-4-12(24)9-15(16)19-18-14(21(32)30-19)2-1-3-17(18)29-20(31)10-6-11(22(26,27)28)8-13(25)7-10;1-2/h1-9,19H,(H,29,31)(H,30,32);1H. The zero-order valence-corrected chi connectivity index (χ0v) is 17.6. The number of rotatable bonds is 3. The number of carbonyl (C=O) groups is 2. The molecule has 2 amide bonds. The summed E-state index contributed by atoms with van der Waals surface area (Å²) < 4.78 is 66.5. The van der Waals surface area contributed by atoms with Crippen LogP contribution in [0.25, 0.3) is 0 Å². The van der Waals surface area contributed by atoms with E-state index in [4.69, 9.17) is 16.9 Å². The van der Waals surface area contributed by atoms with Crippen LogP contribution < -0.4 is 10.6 Å². The van der Waals surface area contributed by atoms with Crippen LogP contribution in [0.4, 0.5) is 27.6 Å². The second-order valence-corrected chi connectivity index (χ2v) is 7.43. The van der Waals surface area contributed by atoms with Crippen LogP contribution in [0.2, 0.25) is 5.02 Å². The lowest BCUT2D eigenvalue weighted by Gasteiger charge is -2.18. The van der Waals surface area contributed by atoms with Gasteiger partial charge < -0.3 is 10.6 Å². The maximum absolute atomic E-state index is 13.8. The van der Waals surface area contributed by atoms with Gasteiger partial charge in [0.15, 0.2) is 0 Å². The average Bonchev–Trinajstić information content (AvgIpc) is 3.13. The minimum atomic E-state index is -4.85. The molecule has 0 bridgehead atoms. The number of amides is 2. The molecule has 1 aliphatic rings. The van der Waals surface area contributed by atoms with E-state index in [2.05, 4.69) is 17.2 Å². The summed E-state index contributed by atoms with van der Waals surface area (Å²) in [5.41, 5.74) is -1.15. The molecule has 5 nitrogen and oxygen atoms in total. The zero-order chi connectivity index (χ0) is 25.2. The smallest absolute Gasteiger partial charge is 0.341 e. The Kier molecular flexibility index (Phi) is 6.88. The highest BCUT2D eigenvalue weighted by atomic mass is 35.5. The Labute approximate surface area is 194 Å². The van der Waals surface area contributed by atoms with Crippen molar-refractivity contribution in [1.82, 2.24) is 5.32 Å². The maximum atomic E-state index is 13.8. The van der Waals surface area contributed by atoms with E-state index in [1.165, 1.54) is 24.3 Å². The van der Waals surface area contributed by atoms with Gasteiger partial charge in [0.25, 0.3) is 11.8 Å². The van der Waals surface area contributed by atoms with Crippen LogP contribution in [0.1, 0.15) is 43.4 Å². The number of nitrogens with zero attached hydrogens (tertiary/aromatic N) is 1. The van der Waals surface area contributed by atoms with E-state index in [0.29, 0.717) is 12.1 Å². The molecule has 1 aliphatic heterocycles. The Hall–Kier alpha value is -3.97. The number of fused-ring (bicyclic) bond motifs is 1. The Bertz CT molecular complexity index is 1310. The lowest BCUT2D eigenvalue weighted by Crippen LogP contribution is -2.21. The van der Waals surface area contributed by atoms with Gasteiger partial charge >= 0.3 is 6.18 Å². The minimum absolute atomic E-state index is 0.0778. The molecular weight excluding hydrogens is 481 g/mol. The number of anilines is 1. The summed E-state index contributed by atoms with van der Waals surface area (Å²) >= 11 is 6.17. The van der Waals surface area contributed by atoms with Gasteiger partial charge in [-0.05, 0) is 48.5 Å². The number of alkyl halides is 3. The van der Waals surface area contributed by atoms with Gasteiger partial charge in [-0.1, -0.05) is 17.7 Å². The van der Waals surface area contributed by atoms with Gasteiger partial charge in [-0.3, -0.25) is 9.59 Å².